The van der Waals surface area contributed by atoms with E-state index in [0.717, 1.165) is 20.1 Å². The molecule has 0 saturated heterocycles. The number of carbonyl (C=O) groups excluding carboxylic acids is 2. The summed E-state index contributed by atoms with van der Waals surface area (Å²) in [6.07, 6.45) is 0. The maximum atomic E-state index is 12.8. The molecule has 0 saturated carbocycles. The molecule has 7 heteroatoms. The van der Waals surface area contributed by atoms with E-state index in [0.29, 0.717) is 17.9 Å². The molecular formula is C24H22Br2N2O3. The Bertz CT molecular complexity index is 1040. The van der Waals surface area contributed by atoms with Gasteiger partial charge in [0.2, 0.25) is 0 Å². The summed E-state index contributed by atoms with van der Waals surface area (Å²) >= 11 is 6.91. The minimum absolute atomic E-state index is 0.0417. The number of rotatable bonds is 8. The number of nitrogens with one attached hydrogen (secondary N) is 2. The molecule has 5 nitrogen and oxygen atoms in total. The molecule has 3 rings (SSSR count). The van der Waals surface area contributed by atoms with Crippen LogP contribution in [0.4, 0.5) is 5.69 Å². The topological polar surface area (TPSA) is 67.4 Å². The first-order valence-electron chi connectivity index (χ1n) is 9.78. The minimum Gasteiger partial charge on any atom is -0.465 e. The van der Waals surface area contributed by atoms with Crippen LogP contribution in [0.1, 0.15) is 34.5 Å². The monoisotopic (exact) mass is 544 g/mol. The lowest BCUT2D eigenvalue weighted by Gasteiger charge is -2.23. The summed E-state index contributed by atoms with van der Waals surface area (Å²) in [7, 11) is 0. The van der Waals surface area contributed by atoms with Crippen molar-refractivity contribution in [3.63, 3.8) is 0 Å². The molecule has 0 aromatic heterocycles. The Labute approximate surface area is 198 Å². The maximum absolute atomic E-state index is 12.8. The zero-order chi connectivity index (χ0) is 22.2. The van der Waals surface area contributed by atoms with E-state index in [1.807, 2.05) is 60.7 Å². The highest BCUT2D eigenvalue weighted by atomic mass is 79.9. The Balaban J connectivity index is 1.94. The molecule has 160 valence electrons. The predicted molar refractivity (Wildman–Crippen MR) is 129 cm³/mol. The first-order valence-corrected chi connectivity index (χ1v) is 11.4. The zero-order valence-corrected chi connectivity index (χ0v) is 20.1. The van der Waals surface area contributed by atoms with Gasteiger partial charge in [-0.2, -0.15) is 0 Å². The lowest BCUT2D eigenvalue weighted by Crippen LogP contribution is -2.30. The Morgan fingerprint density at radius 2 is 1.61 bits per heavy atom. The van der Waals surface area contributed by atoms with E-state index in [-0.39, 0.29) is 24.5 Å². The molecule has 0 spiro atoms. The lowest BCUT2D eigenvalue weighted by atomic mass is 9.96. The van der Waals surface area contributed by atoms with E-state index >= 15 is 0 Å². The molecule has 31 heavy (non-hydrogen) atoms. The molecule has 0 fully saturated rings. The van der Waals surface area contributed by atoms with Gasteiger partial charge in [-0.1, -0.05) is 62.2 Å². The smallest absolute Gasteiger partial charge is 0.319 e. The average Bonchev–Trinajstić information content (AvgIpc) is 2.77. The molecule has 3 aromatic rings. The second-order valence-electron chi connectivity index (χ2n) is 6.72. The number of hydrogen-bond acceptors (Lipinski definition) is 4. The number of anilines is 1. The highest BCUT2D eigenvalue weighted by Gasteiger charge is 2.20. The highest BCUT2D eigenvalue weighted by Crippen LogP contribution is 2.31. The van der Waals surface area contributed by atoms with Crippen LogP contribution in [0.15, 0.2) is 81.7 Å². The Hall–Kier alpha value is -2.48. The third-order valence-corrected chi connectivity index (χ3v) is 5.59. The van der Waals surface area contributed by atoms with Crippen molar-refractivity contribution in [3.05, 3.63) is 98.4 Å². The summed E-state index contributed by atoms with van der Waals surface area (Å²) in [5, 5.41) is 6.28. The Kier molecular flexibility index (Phi) is 8.40. The summed E-state index contributed by atoms with van der Waals surface area (Å²) in [5.41, 5.74) is 2.99. The second kappa shape index (κ2) is 11.2. The standard InChI is InChI=1S/C24H22Br2N2O3/c1-2-31-22(29)15-27-23(16-6-4-3-5-7-16)20-14-19(26)12-13-21(20)28-24(30)17-8-10-18(25)11-9-17/h3-14,23,27H,2,15H2,1H3,(H,28,30)/t23-/m1/s1. The fraction of sp³-hybridized carbons (Fsp3) is 0.167. The molecule has 1 amide bonds. The van der Waals surface area contributed by atoms with Crippen molar-refractivity contribution in [2.24, 2.45) is 0 Å². The molecule has 1 atom stereocenters. The van der Waals surface area contributed by atoms with Crippen molar-refractivity contribution in [1.82, 2.24) is 5.32 Å². The van der Waals surface area contributed by atoms with Crippen LogP contribution in [0.5, 0.6) is 0 Å². The molecule has 2 N–H and O–H groups in total. The van der Waals surface area contributed by atoms with Crippen LogP contribution in [0.2, 0.25) is 0 Å². The zero-order valence-electron chi connectivity index (χ0n) is 16.9. The molecule has 0 radical (unpaired) electrons. The number of benzene rings is 3. The SMILES string of the molecule is CCOC(=O)CN[C@H](c1ccccc1)c1cc(Br)ccc1NC(=O)c1ccc(Br)cc1. The van der Waals surface area contributed by atoms with Crippen molar-refractivity contribution in [1.29, 1.82) is 0 Å². The molecule has 3 aromatic carbocycles. The van der Waals surface area contributed by atoms with E-state index in [4.69, 9.17) is 4.74 Å². The maximum Gasteiger partial charge on any atom is 0.319 e. The van der Waals surface area contributed by atoms with Gasteiger partial charge in [0.15, 0.2) is 0 Å². The van der Waals surface area contributed by atoms with Crippen molar-refractivity contribution in [2.45, 2.75) is 13.0 Å². The van der Waals surface area contributed by atoms with Gasteiger partial charge in [0, 0.05) is 20.2 Å². The normalized spacial score (nSPS) is 11.6. The first-order chi connectivity index (χ1) is 15.0. The molecule has 0 unspecified atom stereocenters. The van der Waals surface area contributed by atoms with Gasteiger partial charge in [-0.25, -0.2) is 0 Å². The quantitative estimate of drug-likeness (QED) is 0.356. The van der Waals surface area contributed by atoms with Gasteiger partial charge in [0.25, 0.3) is 5.91 Å². The summed E-state index contributed by atoms with van der Waals surface area (Å²) in [5.74, 6) is -0.549. The van der Waals surface area contributed by atoms with E-state index in [9.17, 15) is 9.59 Å². The van der Waals surface area contributed by atoms with E-state index in [1.165, 1.54) is 0 Å². The molecule has 0 aliphatic carbocycles. The van der Waals surface area contributed by atoms with Gasteiger partial charge in [-0.3, -0.25) is 14.9 Å². The van der Waals surface area contributed by atoms with Crippen LogP contribution in [0.25, 0.3) is 0 Å². The van der Waals surface area contributed by atoms with Crippen LogP contribution in [-0.2, 0) is 9.53 Å². The third kappa shape index (κ3) is 6.50. The predicted octanol–water partition coefficient (Wildman–Crippen LogP) is 5.71. The Morgan fingerprint density at radius 1 is 0.935 bits per heavy atom. The van der Waals surface area contributed by atoms with Crippen molar-refractivity contribution in [3.8, 4) is 0 Å². The number of amides is 1. The number of ether oxygens (including phenoxy) is 1. The summed E-state index contributed by atoms with van der Waals surface area (Å²) in [6, 6.07) is 22.2. The molecule has 0 heterocycles. The fourth-order valence-electron chi connectivity index (χ4n) is 3.13. The molecule has 0 bridgehead atoms. The lowest BCUT2D eigenvalue weighted by molar-refractivity contribution is -0.142. The van der Waals surface area contributed by atoms with E-state index in [2.05, 4.69) is 42.5 Å². The highest BCUT2D eigenvalue weighted by molar-refractivity contribution is 9.10. The minimum atomic E-state index is -0.334. The van der Waals surface area contributed by atoms with Crippen LogP contribution in [-0.4, -0.2) is 25.0 Å². The number of carbonyl (C=O) groups is 2. The molecular weight excluding hydrogens is 524 g/mol. The van der Waals surface area contributed by atoms with Crippen molar-refractivity contribution < 1.29 is 14.3 Å². The van der Waals surface area contributed by atoms with Crippen LogP contribution in [0, 0.1) is 0 Å². The molecule has 0 aliphatic heterocycles. The van der Waals surface area contributed by atoms with E-state index in [1.54, 1.807) is 19.1 Å². The fourth-order valence-corrected chi connectivity index (χ4v) is 3.78. The first kappa shape index (κ1) is 23.2. The van der Waals surface area contributed by atoms with Gasteiger partial charge in [0.05, 0.1) is 19.2 Å². The van der Waals surface area contributed by atoms with E-state index < -0.39 is 0 Å². The summed E-state index contributed by atoms with van der Waals surface area (Å²) in [4.78, 5) is 24.8. The number of halogens is 2. The van der Waals surface area contributed by atoms with Crippen LogP contribution >= 0.6 is 31.9 Å². The summed E-state index contributed by atoms with van der Waals surface area (Å²) in [6.45, 7) is 2.14. The third-order valence-electron chi connectivity index (χ3n) is 4.57. The van der Waals surface area contributed by atoms with Gasteiger partial charge in [-0.05, 0) is 60.5 Å². The number of esters is 1. The van der Waals surface area contributed by atoms with Gasteiger partial charge >= 0.3 is 5.97 Å². The van der Waals surface area contributed by atoms with Gasteiger partial charge < -0.3 is 10.1 Å². The number of hydrogen-bond donors (Lipinski definition) is 2. The van der Waals surface area contributed by atoms with Crippen molar-refractivity contribution >= 4 is 49.4 Å². The van der Waals surface area contributed by atoms with Gasteiger partial charge in [0.1, 0.15) is 0 Å². The van der Waals surface area contributed by atoms with Gasteiger partial charge in [-0.15, -0.1) is 0 Å². The Morgan fingerprint density at radius 3 is 2.29 bits per heavy atom. The molecule has 0 aliphatic rings. The second-order valence-corrected chi connectivity index (χ2v) is 8.55. The largest absolute Gasteiger partial charge is 0.465 e. The summed E-state index contributed by atoms with van der Waals surface area (Å²) < 4.78 is 6.83. The van der Waals surface area contributed by atoms with Crippen molar-refractivity contribution in [2.75, 3.05) is 18.5 Å². The van der Waals surface area contributed by atoms with Crippen LogP contribution in [0.3, 0.4) is 0 Å². The van der Waals surface area contributed by atoms with Crippen LogP contribution < -0.4 is 10.6 Å². The average molecular weight is 546 g/mol.